The molecule has 3 aromatic rings. The van der Waals surface area contributed by atoms with E-state index in [1.54, 1.807) is 23.1 Å². The number of hydrogen-bond acceptors (Lipinski definition) is 4. The minimum Gasteiger partial charge on any atom is -0.457 e. The lowest BCUT2D eigenvalue weighted by Gasteiger charge is -2.17. The van der Waals surface area contributed by atoms with E-state index in [1.165, 1.54) is 11.8 Å². The van der Waals surface area contributed by atoms with Gasteiger partial charge in [-0.05, 0) is 66.2 Å². The fraction of sp³-hybridized carbons (Fsp3) is 0.167. The van der Waals surface area contributed by atoms with Gasteiger partial charge in [0.15, 0.2) is 5.17 Å². The van der Waals surface area contributed by atoms with Crippen LogP contribution in [0, 0.1) is 5.92 Å². The lowest BCUT2D eigenvalue weighted by Crippen LogP contribution is -2.32. The molecule has 1 aliphatic heterocycles. The Kier molecular flexibility index (Phi) is 6.70. The van der Waals surface area contributed by atoms with Crippen molar-refractivity contribution < 1.29 is 9.21 Å². The lowest BCUT2D eigenvalue weighted by atomic mass is 10.2. The maximum atomic E-state index is 13.1. The van der Waals surface area contributed by atoms with E-state index in [-0.39, 0.29) is 5.91 Å². The number of carbonyl (C=O) groups is 1. The lowest BCUT2D eigenvalue weighted by molar-refractivity contribution is -0.122. The van der Waals surface area contributed by atoms with Gasteiger partial charge in [0.2, 0.25) is 0 Å². The van der Waals surface area contributed by atoms with E-state index in [0.717, 1.165) is 21.5 Å². The minimum atomic E-state index is -0.0620. The second kappa shape index (κ2) is 9.47. The largest absolute Gasteiger partial charge is 0.457 e. The molecule has 1 amide bonds. The van der Waals surface area contributed by atoms with Crippen LogP contribution in [0.3, 0.4) is 0 Å². The molecule has 0 saturated carbocycles. The van der Waals surface area contributed by atoms with E-state index in [1.807, 2.05) is 48.5 Å². The molecular weight excluding hydrogens is 496 g/mol. The van der Waals surface area contributed by atoms with Crippen LogP contribution in [0.2, 0.25) is 5.02 Å². The first kappa shape index (κ1) is 21.9. The molecule has 0 radical (unpaired) electrons. The second-order valence-electron chi connectivity index (χ2n) is 7.50. The first-order valence-electron chi connectivity index (χ1n) is 9.80. The van der Waals surface area contributed by atoms with Crippen LogP contribution in [0.15, 0.2) is 79.5 Å². The average Bonchev–Trinajstić information content (AvgIpc) is 3.31. The van der Waals surface area contributed by atoms with E-state index in [0.29, 0.717) is 33.3 Å². The number of amidine groups is 1. The Labute approximate surface area is 199 Å². The first-order chi connectivity index (χ1) is 14.9. The molecule has 0 N–H and O–H groups in total. The minimum absolute atomic E-state index is 0.0620. The number of rotatable bonds is 5. The summed E-state index contributed by atoms with van der Waals surface area (Å²) in [4.78, 5) is 20.1. The molecule has 0 bridgehead atoms. The molecule has 158 valence electrons. The van der Waals surface area contributed by atoms with Crippen molar-refractivity contribution in [1.29, 1.82) is 0 Å². The summed E-state index contributed by atoms with van der Waals surface area (Å²) in [6.07, 6.45) is 1.78. The number of furan rings is 1. The SMILES string of the molecule is CC(C)CN1C(=O)/C(=C/c2ccc(-c3ccc(Br)cc3)o2)SC1=Nc1ccc(Cl)cc1. The van der Waals surface area contributed by atoms with E-state index in [4.69, 9.17) is 16.0 Å². The van der Waals surface area contributed by atoms with Crippen LogP contribution in [0.1, 0.15) is 19.6 Å². The fourth-order valence-electron chi connectivity index (χ4n) is 3.07. The first-order valence-corrected chi connectivity index (χ1v) is 11.8. The Hall–Kier alpha value is -2.28. The highest BCUT2D eigenvalue weighted by Gasteiger charge is 2.34. The van der Waals surface area contributed by atoms with Gasteiger partial charge < -0.3 is 4.42 Å². The van der Waals surface area contributed by atoms with Crippen LogP contribution in [0.4, 0.5) is 5.69 Å². The van der Waals surface area contributed by atoms with Gasteiger partial charge in [0.1, 0.15) is 11.5 Å². The highest BCUT2D eigenvalue weighted by atomic mass is 79.9. The summed E-state index contributed by atoms with van der Waals surface area (Å²) in [5.74, 6) is 1.63. The topological polar surface area (TPSA) is 45.8 Å². The third-order valence-electron chi connectivity index (χ3n) is 4.52. The van der Waals surface area contributed by atoms with Gasteiger partial charge in [-0.25, -0.2) is 4.99 Å². The Balaban J connectivity index is 1.62. The zero-order valence-electron chi connectivity index (χ0n) is 17.0. The Bertz CT molecular complexity index is 1150. The molecule has 0 spiro atoms. The van der Waals surface area contributed by atoms with Crippen LogP contribution in [0.25, 0.3) is 17.4 Å². The Morgan fingerprint density at radius 3 is 2.48 bits per heavy atom. The number of benzene rings is 2. The van der Waals surface area contributed by atoms with Crippen LogP contribution < -0.4 is 0 Å². The number of hydrogen-bond donors (Lipinski definition) is 0. The normalized spacial score (nSPS) is 16.8. The van der Waals surface area contributed by atoms with Crippen molar-refractivity contribution in [2.45, 2.75) is 13.8 Å². The second-order valence-corrected chi connectivity index (χ2v) is 9.86. The van der Waals surface area contributed by atoms with Gasteiger partial charge in [-0.1, -0.05) is 53.5 Å². The summed E-state index contributed by atoms with van der Waals surface area (Å²) >= 11 is 10.8. The predicted octanol–water partition coefficient (Wildman–Crippen LogP) is 7.62. The number of nitrogens with zero attached hydrogens (tertiary/aromatic N) is 2. The summed E-state index contributed by atoms with van der Waals surface area (Å²) in [6.45, 7) is 4.76. The van der Waals surface area contributed by atoms with Gasteiger partial charge in [0, 0.05) is 27.7 Å². The maximum Gasteiger partial charge on any atom is 0.266 e. The van der Waals surface area contributed by atoms with Crippen LogP contribution >= 0.6 is 39.3 Å². The van der Waals surface area contributed by atoms with Gasteiger partial charge >= 0.3 is 0 Å². The summed E-state index contributed by atoms with van der Waals surface area (Å²) in [7, 11) is 0. The summed E-state index contributed by atoms with van der Waals surface area (Å²) in [5, 5.41) is 1.31. The molecule has 2 heterocycles. The molecule has 2 aromatic carbocycles. The maximum absolute atomic E-state index is 13.1. The molecule has 7 heteroatoms. The third kappa shape index (κ3) is 5.32. The van der Waals surface area contributed by atoms with E-state index >= 15 is 0 Å². The Morgan fingerprint density at radius 2 is 1.81 bits per heavy atom. The van der Waals surface area contributed by atoms with Gasteiger partial charge in [-0.2, -0.15) is 0 Å². The van der Waals surface area contributed by atoms with Crippen molar-refractivity contribution in [3.63, 3.8) is 0 Å². The molecule has 1 aromatic heterocycles. The van der Waals surface area contributed by atoms with Crippen molar-refractivity contribution in [3.8, 4) is 11.3 Å². The third-order valence-corrected chi connectivity index (χ3v) is 6.30. The van der Waals surface area contributed by atoms with Crippen molar-refractivity contribution in [1.82, 2.24) is 4.90 Å². The molecule has 1 saturated heterocycles. The molecular formula is C24H20BrClN2O2S. The quantitative estimate of drug-likeness (QED) is 0.328. The monoisotopic (exact) mass is 514 g/mol. The number of halogens is 2. The zero-order chi connectivity index (χ0) is 22.0. The van der Waals surface area contributed by atoms with Crippen LogP contribution in [-0.4, -0.2) is 22.5 Å². The summed E-state index contributed by atoms with van der Waals surface area (Å²) in [5.41, 5.74) is 1.73. The predicted molar refractivity (Wildman–Crippen MR) is 133 cm³/mol. The van der Waals surface area contributed by atoms with Gasteiger partial charge in [0.05, 0.1) is 10.6 Å². The van der Waals surface area contributed by atoms with Gasteiger partial charge in [0.25, 0.3) is 5.91 Å². The summed E-state index contributed by atoms with van der Waals surface area (Å²) in [6, 6.07) is 18.9. The highest BCUT2D eigenvalue weighted by molar-refractivity contribution is 9.10. The molecule has 0 atom stereocenters. The van der Waals surface area contributed by atoms with Crippen molar-refractivity contribution in [2.75, 3.05) is 6.54 Å². The molecule has 1 fully saturated rings. The summed E-state index contributed by atoms with van der Waals surface area (Å²) < 4.78 is 6.98. The van der Waals surface area contributed by atoms with Crippen molar-refractivity contribution >= 4 is 62.1 Å². The molecule has 4 nitrogen and oxygen atoms in total. The number of thioether (sulfide) groups is 1. The van der Waals surface area contributed by atoms with Crippen molar-refractivity contribution in [2.24, 2.45) is 10.9 Å². The van der Waals surface area contributed by atoms with Gasteiger partial charge in [-0.15, -0.1) is 0 Å². The molecule has 0 unspecified atom stereocenters. The average molecular weight is 516 g/mol. The molecule has 31 heavy (non-hydrogen) atoms. The number of aliphatic imine (C=N–C) groups is 1. The van der Waals surface area contributed by atoms with Gasteiger partial charge in [-0.3, -0.25) is 9.69 Å². The molecule has 4 rings (SSSR count). The van der Waals surface area contributed by atoms with E-state index in [9.17, 15) is 4.79 Å². The Morgan fingerprint density at radius 1 is 1.10 bits per heavy atom. The standard InChI is InChI=1S/C24H20BrClN2O2S/c1-15(2)14-28-23(29)22(31-24(28)27-19-9-7-18(26)8-10-19)13-20-11-12-21(30-20)16-3-5-17(25)6-4-16/h3-13,15H,14H2,1-2H3/b22-13-,27-24?. The fourth-order valence-corrected chi connectivity index (χ4v) is 4.45. The van der Waals surface area contributed by atoms with E-state index in [2.05, 4.69) is 34.8 Å². The molecule has 0 aliphatic carbocycles. The highest BCUT2D eigenvalue weighted by Crippen LogP contribution is 2.35. The smallest absolute Gasteiger partial charge is 0.266 e. The number of carbonyl (C=O) groups excluding carboxylic acids is 1. The molecule has 1 aliphatic rings. The zero-order valence-corrected chi connectivity index (χ0v) is 20.2. The van der Waals surface area contributed by atoms with Crippen LogP contribution in [0.5, 0.6) is 0 Å². The van der Waals surface area contributed by atoms with E-state index < -0.39 is 0 Å². The van der Waals surface area contributed by atoms with Crippen LogP contribution in [-0.2, 0) is 4.79 Å². The number of amides is 1. The van der Waals surface area contributed by atoms with Crippen molar-refractivity contribution in [3.05, 3.63) is 80.8 Å².